The molecule has 1 fully saturated rings. The SMILES string of the molecule is CC(=O)NC[C@H]1CN(c2ccc(-c3ccc(CNCC(F)(F)C(F)(F)F)cc3)c(F)c2)C(=O)O1. The fraction of sp³-hybridized carbons (Fsp3) is 0.364. The Balaban J connectivity index is 1.63. The van der Waals surface area contributed by atoms with Gasteiger partial charge in [-0.15, -0.1) is 0 Å². The first-order valence-corrected chi connectivity index (χ1v) is 10.1. The molecular formula is C22H21F6N3O3. The van der Waals surface area contributed by atoms with Gasteiger partial charge in [0, 0.05) is 19.0 Å². The van der Waals surface area contributed by atoms with Crippen LogP contribution in [0.25, 0.3) is 11.1 Å². The van der Waals surface area contributed by atoms with Crippen molar-refractivity contribution in [2.24, 2.45) is 0 Å². The Morgan fingerprint density at radius 3 is 2.38 bits per heavy atom. The van der Waals surface area contributed by atoms with Gasteiger partial charge < -0.3 is 15.4 Å². The molecule has 6 nitrogen and oxygen atoms in total. The van der Waals surface area contributed by atoms with E-state index in [2.05, 4.69) is 10.6 Å². The van der Waals surface area contributed by atoms with E-state index in [0.29, 0.717) is 11.1 Å². The lowest BCUT2D eigenvalue weighted by Crippen LogP contribution is -2.45. The van der Waals surface area contributed by atoms with Crippen LogP contribution in [-0.2, 0) is 16.1 Å². The maximum Gasteiger partial charge on any atom is 0.454 e. The average molecular weight is 489 g/mol. The molecule has 0 aliphatic carbocycles. The fourth-order valence-corrected chi connectivity index (χ4v) is 3.27. The van der Waals surface area contributed by atoms with E-state index in [0.717, 1.165) is 6.07 Å². The van der Waals surface area contributed by atoms with Crippen molar-refractivity contribution >= 4 is 17.7 Å². The Bertz CT molecular complexity index is 1040. The van der Waals surface area contributed by atoms with Crippen molar-refractivity contribution < 1.29 is 40.7 Å². The van der Waals surface area contributed by atoms with Crippen molar-refractivity contribution in [1.29, 1.82) is 0 Å². The third-order valence-corrected chi connectivity index (χ3v) is 5.07. The molecule has 0 spiro atoms. The van der Waals surface area contributed by atoms with E-state index >= 15 is 0 Å². The van der Waals surface area contributed by atoms with Crippen LogP contribution in [0.15, 0.2) is 42.5 Å². The summed E-state index contributed by atoms with van der Waals surface area (Å²) in [6, 6.07) is 10.1. The van der Waals surface area contributed by atoms with Gasteiger partial charge in [-0.1, -0.05) is 24.3 Å². The van der Waals surface area contributed by atoms with E-state index < -0.39 is 36.7 Å². The zero-order valence-corrected chi connectivity index (χ0v) is 17.9. The fourth-order valence-electron chi connectivity index (χ4n) is 3.27. The number of carbonyl (C=O) groups is 2. The number of nitrogens with one attached hydrogen (secondary N) is 2. The monoisotopic (exact) mass is 489 g/mol. The largest absolute Gasteiger partial charge is 0.454 e. The molecule has 2 amide bonds. The first-order valence-electron chi connectivity index (χ1n) is 10.1. The third kappa shape index (κ3) is 5.99. The summed E-state index contributed by atoms with van der Waals surface area (Å²) in [5.41, 5.74) is 1.35. The van der Waals surface area contributed by atoms with Crippen molar-refractivity contribution in [3.8, 4) is 11.1 Å². The van der Waals surface area contributed by atoms with Crippen LogP contribution in [0.1, 0.15) is 12.5 Å². The molecule has 0 saturated carbocycles. The van der Waals surface area contributed by atoms with Gasteiger partial charge in [0.25, 0.3) is 0 Å². The van der Waals surface area contributed by atoms with E-state index in [-0.39, 0.29) is 36.8 Å². The lowest BCUT2D eigenvalue weighted by molar-refractivity contribution is -0.279. The van der Waals surface area contributed by atoms with E-state index in [9.17, 15) is 35.9 Å². The smallest absolute Gasteiger partial charge is 0.442 e. The zero-order chi connectivity index (χ0) is 25.1. The maximum atomic E-state index is 14.8. The standard InChI is InChI=1S/C22H21F6N3O3/c1-13(32)30-10-17-11-31(20(33)34-17)16-6-7-18(19(23)8-16)15-4-2-14(3-5-15)9-29-12-21(24,25)22(26,27)28/h2-8,17,29H,9-12H2,1H3,(H,30,32)/t17-/m0/s1. The third-order valence-electron chi connectivity index (χ3n) is 5.07. The second kappa shape index (κ2) is 9.92. The van der Waals surface area contributed by atoms with Gasteiger partial charge in [0.1, 0.15) is 11.9 Å². The molecule has 0 unspecified atom stereocenters. The number of benzene rings is 2. The average Bonchev–Trinajstić information content (AvgIpc) is 3.12. The maximum absolute atomic E-state index is 14.8. The molecular weight excluding hydrogens is 468 g/mol. The Morgan fingerprint density at radius 2 is 1.79 bits per heavy atom. The van der Waals surface area contributed by atoms with Crippen LogP contribution in [-0.4, -0.2) is 49.8 Å². The van der Waals surface area contributed by atoms with Crippen molar-refractivity contribution in [1.82, 2.24) is 10.6 Å². The van der Waals surface area contributed by atoms with Gasteiger partial charge in [0.2, 0.25) is 5.91 Å². The minimum absolute atomic E-state index is 0.132. The molecule has 1 saturated heterocycles. The molecule has 1 heterocycles. The van der Waals surface area contributed by atoms with E-state index in [1.807, 2.05) is 0 Å². The second-order valence-corrected chi connectivity index (χ2v) is 7.72. The highest BCUT2D eigenvalue weighted by molar-refractivity contribution is 5.90. The Hall–Kier alpha value is -3.28. The molecule has 184 valence electrons. The van der Waals surface area contributed by atoms with Crippen LogP contribution in [0.4, 0.5) is 36.8 Å². The van der Waals surface area contributed by atoms with Crippen LogP contribution >= 0.6 is 0 Å². The van der Waals surface area contributed by atoms with E-state index in [1.165, 1.54) is 48.2 Å². The number of hydrogen-bond donors (Lipinski definition) is 2. The number of amides is 2. The van der Waals surface area contributed by atoms with Gasteiger partial charge in [-0.2, -0.15) is 22.0 Å². The highest BCUT2D eigenvalue weighted by Crippen LogP contribution is 2.34. The number of nitrogens with zero attached hydrogens (tertiary/aromatic N) is 1. The van der Waals surface area contributed by atoms with Crippen molar-refractivity contribution in [2.45, 2.75) is 31.7 Å². The molecule has 1 aliphatic rings. The van der Waals surface area contributed by atoms with Gasteiger partial charge in [0.15, 0.2) is 0 Å². The second-order valence-electron chi connectivity index (χ2n) is 7.72. The summed E-state index contributed by atoms with van der Waals surface area (Å²) in [4.78, 5) is 24.3. The van der Waals surface area contributed by atoms with Crippen LogP contribution in [0, 0.1) is 5.82 Å². The molecule has 2 aromatic rings. The van der Waals surface area contributed by atoms with Gasteiger partial charge in [-0.25, -0.2) is 9.18 Å². The Labute approximate surface area is 190 Å². The molecule has 2 aromatic carbocycles. The minimum atomic E-state index is -5.63. The first kappa shape index (κ1) is 25.3. The first-order chi connectivity index (χ1) is 15.9. The summed E-state index contributed by atoms with van der Waals surface area (Å²) in [6.07, 6.45) is -6.88. The number of alkyl halides is 5. The van der Waals surface area contributed by atoms with Gasteiger partial charge in [0.05, 0.1) is 25.3 Å². The quantitative estimate of drug-likeness (QED) is 0.545. The number of ether oxygens (including phenoxy) is 1. The molecule has 3 rings (SSSR count). The van der Waals surface area contributed by atoms with Crippen LogP contribution in [0.2, 0.25) is 0 Å². The molecule has 0 bridgehead atoms. The summed E-state index contributed by atoms with van der Waals surface area (Å²) in [7, 11) is 0. The minimum Gasteiger partial charge on any atom is -0.442 e. The summed E-state index contributed by atoms with van der Waals surface area (Å²) >= 11 is 0. The van der Waals surface area contributed by atoms with Crippen LogP contribution in [0.3, 0.4) is 0 Å². The van der Waals surface area contributed by atoms with Crippen molar-refractivity contribution in [3.05, 3.63) is 53.8 Å². The molecule has 2 N–H and O–H groups in total. The van der Waals surface area contributed by atoms with Gasteiger partial charge in [-0.3, -0.25) is 9.69 Å². The van der Waals surface area contributed by atoms with Gasteiger partial charge >= 0.3 is 18.2 Å². The lowest BCUT2D eigenvalue weighted by Gasteiger charge is -2.19. The summed E-state index contributed by atoms with van der Waals surface area (Å²) in [5.74, 6) is -5.75. The summed E-state index contributed by atoms with van der Waals surface area (Å²) in [5, 5.41) is 4.61. The predicted octanol–water partition coefficient (Wildman–Crippen LogP) is 4.24. The molecule has 1 aliphatic heterocycles. The summed E-state index contributed by atoms with van der Waals surface area (Å²) < 4.78 is 82.4. The topological polar surface area (TPSA) is 70.7 Å². The normalized spacial score (nSPS) is 16.5. The zero-order valence-electron chi connectivity index (χ0n) is 17.9. The number of rotatable bonds is 8. The molecule has 12 heteroatoms. The van der Waals surface area contributed by atoms with Crippen LogP contribution in [0.5, 0.6) is 0 Å². The molecule has 0 radical (unpaired) electrons. The van der Waals surface area contributed by atoms with Crippen LogP contribution < -0.4 is 15.5 Å². The summed E-state index contributed by atoms with van der Waals surface area (Å²) in [6.45, 7) is -0.193. The number of halogens is 6. The highest BCUT2D eigenvalue weighted by atomic mass is 19.4. The van der Waals surface area contributed by atoms with E-state index in [4.69, 9.17) is 4.74 Å². The van der Waals surface area contributed by atoms with Crippen molar-refractivity contribution in [3.63, 3.8) is 0 Å². The van der Waals surface area contributed by atoms with Crippen molar-refractivity contribution in [2.75, 3.05) is 24.5 Å². The Morgan fingerprint density at radius 1 is 1.12 bits per heavy atom. The molecule has 34 heavy (non-hydrogen) atoms. The number of hydrogen-bond acceptors (Lipinski definition) is 4. The lowest BCUT2D eigenvalue weighted by atomic mass is 10.0. The number of carbonyl (C=O) groups excluding carboxylic acids is 2. The van der Waals surface area contributed by atoms with E-state index in [1.54, 1.807) is 0 Å². The Kier molecular flexibility index (Phi) is 7.39. The molecule has 0 aromatic heterocycles. The van der Waals surface area contributed by atoms with Gasteiger partial charge in [-0.05, 0) is 29.3 Å². The molecule has 1 atom stereocenters. The number of cyclic esters (lactones) is 1. The number of anilines is 1. The highest BCUT2D eigenvalue weighted by Gasteiger charge is 2.56. The predicted molar refractivity (Wildman–Crippen MR) is 111 cm³/mol.